The summed E-state index contributed by atoms with van der Waals surface area (Å²) < 4.78 is 32.6. The molecule has 0 spiro atoms. The van der Waals surface area contributed by atoms with E-state index in [0.29, 0.717) is 18.0 Å². The fourth-order valence-electron chi connectivity index (χ4n) is 2.13. The number of aryl methyl sites for hydroxylation is 1. The van der Waals surface area contributed by atoms with Gasteiger partial charge in [-0.25, -0.2) is 13.1 Å². The molecule has 0 radical (unpaired) electrons. The topological polar surface area (TPSA) is 58.6 Å². The van der Waals surface area contributed by atoms with E-state index < -0.39 is 10.0 Å². The number of benzene rings is 1. The molecule has 1 unspecified atom stereocenters. The Bertz CT molecular complexity index is 530. The summed E-state index contributed by atoms with van der Waals surface area (Å²) in [4.78, 5) is 2.47. The van der Waals surface area contributed by atoms with Gasteiger partial charge in [0.05, 0.1) is 17.6 Å². The zero-order valence-corrected chi connectivity index (χ0v) is 12.1. The standard InChI is InChI=1S/C13H20N2O3S/c1-11-5-3-4-6-13(11)19(16,17)14-9-12-10-15(2)7-8-18-12/h3-6,12,14H,7-10H2,1-2H3. The highest BCUT2D eigenvalue weighted by atomic mass is 32.2. The van der Waals surface area contributed by atoms with Crippen LogP contribution in [-0.4, -0.2) is 52.7 Å². The summed E-state index contributed by atoms with van der Waals surface area (Å²) in [6.07, 6.45) is -0.0856. The number of morpholine rings is 1. The number of sulfonamides is 1. The largest absolute Gasteiger partial charge is 0.374 e. The molecule has 19 heavy (non-hydrogen) atoms. The summed E-state index contributed by atoms with van der Waals surface area (Å²) >= 11 is 0. The van der Waals surface area contributed by atoms with Gasteiger partial charge in [0.25, 0.3) is 0 Å². The first kappa shape index (κ1) is 14.5. The molecule has 1 N–H and O–H groups in total. The van der Waals surface area contributed by atoms with Crippen molar-refractivity contribution in [2.45, 2.75) is 17.9 Å². The molecule has 2 rings (SSSR count). The van der Waals surface area contributed by atoms with Crippen LogP contribution in [-0.2, 0) is 14.8 Å². The van der Waals surface area contributed by atoms with Gasteiger partial charge in [0.1, 0.15) is 0 Å². The first-order valence-electron chi connectivity index (χ1n) is 6.34. The van der Waals surface area contributed by atoms with E-state index in [1.54, 1.807) is 25.1 Å². The summed E-state index contributed by atoms with van der Waals surface area (Å²) in [5.41, 5.74) is 0.747. The molecule has 1 aliphatic heterocycles. The first-order chi connectivity index (χ1) is 8.99. The molecule has 1 saturated heterocycles. The minimum atomic E-state index is -3.46. The lowest BCUT2D eigenvalue weighted by Gasteiger charge is -2.30. The van der Waals surface area contributed by atoms with Gasteiger partial charge in [0.15, 0.2) is 0 Å². The van der Waals surface area contributed by atoms with Crippen LogP contribution < -0.4 is 4.72 Å². The molecule has 1 aliphatic rings. The Morgan fingerprint density at radius 3 is 2.84 bits per heavy atom. The van der Waals surface area contributed by atoms with Crippen LogP contribution in [0.5, 0.6) is 0 Å². The van der Waals surface area contributed by atoms with Crippen LogP contribution in [0.15, 0.2) is 29.2 Å². The lowest BCUT2D eigenvalue weighted by Crippen LogP contribution is -2.45. The Labute approximate surface area is 114 Å². The molecule has 0 aliphatic carbocycles. The van der Waals surface area contributed by atoms with Crippen molar-refractivity contribution in [3.63, 3.8) is 0 Å². The lowest BCUT2D eigenvalue weighted by atomic mass is 10.2. The van der Waals surface area contributed by atoms with Crippen molar-refractivity contribution in [1.82, 2.24) is 9.62 Å². The van der Waals surface area contributed by atoms with Gasteiger partial charge in [-0.15, -0.1) is 0 Å². The average molecular weight is 284 g/mol. The Hall–Kier alpha value is -0.950. The maximum Gasteiger partial charge on any atom is 0.240 e. The summed E-state index contributed by atoms with van der Waals surface area (Å²) in [6.45, 7) is 4.38. The van der Waals surface area contributed by atoms with E-state index in [0.717, 1.165) is 18.7 Å². The third kappa shape index (κ3) is 3.76. The van der Waals surface area contributed by atoms with Gasteiger partial charge in [0.2, 0.25) is 10.0 Å². The highest BCUT2D eigenvalue weighted by Crippen LogP contribution is 2.14. The van der Waals surface area contributed by atoms with Gasteiger partial charge in [-0.2, -0.15) is 0 Å². The number of hydrogen-bond acceptors (Lipinski definition) is 4. The molecule has 0 bridgehead atoms. The number of rotatable bonds is 4. The molecule has 0 saturated carbocycles. The fraction of sp³-hybridized carbons (Fsp3) is 0.538. The maximum atomic E-state index is 12.2. The van der Waals surface area contributed by atoms with E-state index in [4.69, 9.17) is 4.74 Å². The van der Waals surface area contributed by atoms with Crippen LogP contribution in [0.2, 0.25) is 0 Å². The molecule has 1 fully saturated rings. The number of hydrogen-bond donors (Lipinski definition) is 1. The Kier molecular flexibility index (Phi) is 4.57. The smallest absolute Gasteiger partial charge is 0.240 e. The quantitative estimate of drug-likeness (QED) is 0.880. The molecule has 0 aromatic heterocycles. The van der Waals surface area contributed by atoms with Gasteiger partial charge < -0.3 is 9.64 Å². The SMILES string of the molecule is Cc1ccccc1S(=O)(=O)NCC1CN(C)CCO1. The van der Waals surface area contributed by atoms with Crippen molar-refractivity contribution >= 4 is 10.0 Å². The second-order valence-corrected chi connectivity index (χ2v) is 6.61. The molecule has 1 heterocycles. The van der Waals surface area contributed by atoms with Crippen molar-refractivity contribution in [3.8, 4) is 0 Å². The molecule has 6 heteroatoms. The van der Waals surface area contributed by atoms with E-state index in [2.05, 4.69) is 9.62 Å². The molecular weight excluding hydrogens is 264 g/mol. The van der Waals surface area contributed by atoms with Crippen LogP contribution in [0.1, 0.15) is 5.56 Å². The maximum absolute atomic E-state index is 12.2. The number of nitrogens with one attached hydrogen (secondary N) is 1. The molecule has 0 amide bonds. The number of likely N-dealkylation sites (N-methyl/N-ethyl adjacent to an activating group) is 1. The van der Waals surface area contributed by atoms with Crippen LogP contribution in [0, 0.1) is 6.92 Å². The van der Waals surface area contributed by atoms with Crippen molar-refractivity contribution in [2.24, 2.45) is 0 Å². The second-order valence-electron chi connectivity index (χ2n) is 4.87. The molecule has 1 atom stereocenters. The average Bonchev–Trinajstić information content (AvgIpc) is 2.37. The molecule has 1 aromatic carbocycles. The first-order valence-corrected chi connectivity index (χ1v) is 7.83. The van der Waals surface area contributed by atoms with Crippen molar-refractivity contribution in [3.05, 3.63) is 29.8 Å². The molecule has 106 valence electrons. The normalized spacial score (nSPS) is 21.5. The van der Waals surface area contributed by atoms with Crippen molar-refractivity contribution in [2.75, 3.05) is 33.3 Å². The predicted molar refractivity (Wildman–Crippen MR) is 73.6 cm³/mol. The molecule has 1 aromatic rings. The summed E-state index contributed by atoms with van der Waals surface area (Å²) in [6, 6.07) is 6.96. The van der Waals surface area contributed by atoms with Gasteiger partial charge >= 0.3 is 0 Å². The highest BCUT2D eigenvalue weighted by Gasteiger charge is 2.22. The zero-order valence-electron chi connectivity index (χ0n) is 11.3. The fourth-order valence-corrected chi connectivity index (χ4v) is 3.44. The van der Waals surface area contributed by atoms with Gasteiger partial charge in [-0.1, -0.05) is 18.2 Å². The van der Waals surface area contributed by atoms with E-state index in [9.17, 15) is 8.42 Å². The predicted octanol–water partition coefficient (Wildman–Crippen LogP) is 0.604. The number of nitrogens with zero attached hydrogens (tertiary/aromatic N) is 1. The van der Waals surface area contributed by atoms with E-state index in [1.807, 2.05) is 13.1 Å². The third-order valence-electron chi connectivity index (χ3n) is 3.23. The van der Waals surface area contributed by atoms with Crippen LogP contribution in [0.3, 0.4) is 0 Å². The van der Waals surface area contributed by atoms with E-state index in [1.165, 1.54) is 0 Å². The van der Waals surface area contributed by atoms with Crippen molar-refractivity contribution in [1.29, 1.82) is 0 Å². The van der Waals surface area contributed by atoms with Crippen LogP contribution in [0.25, 0.3) is 0 Å². The summed E-state index contributed by atoms with van der Waals surface area (Å²) in [5.74, 6) is 0. The second kappa shape index (κ2) is 6.00. The minimum Gasteiger partial charge on any atom is -0.374 e. The Morgan fingerprint density at radius 2 is 2.16 bits per heavy atom. The van der Waals surface area contributed by atoms with Gasteiger partial charge in [-0.3, -0.25) is 0 Å². The summed E-state index contributed by atoms with van der Waals surface area (Å²) in [7, 11) is -1.45. The van der Waals surface area contributed by atoms with Gasteiger partial charge in [-0.05, 0) is 25.6 Å². The molecule has 5 nitrogen and oxygen atoms in total. The van der Waals surface area contributed by atoms with E-state index in [-0.39, 0.29) is 6.10 Å². The highest BCUT2D eigenvalue weighted by molar-refractivity contribution is 7.89. The lowest BCUT2D eigenvalue weighted by molar-refractivity contribution is -0.0156. The van der Waals surface area contributed by atoms with Gasteiger partial charge in [0, 0.05) is 19.6 Å². The number of ether oxygens (including phenoxy) is 1. The van der Waals surface area contributed by atoms with E-state index >= 15 is 0 Å². The Morgan fingerprint density at radius 1 is 1.42 bits per heavy atom. The minimum absolute atomic E-state index is 0.0856. The monoisotopic (exact) mass is 284 g/mol. The Balaban J connectivity index is 2.00. The third-order valence-corrected chi connectivity index (χ3v) is 4.81. The van der Waals surface area contributed by atoms with Crippen LogP contribution >= 0.6 is 0 Å². The summed E-state index contributed by atoms with van der Waals surface area (Å²) in [5, 5.41) is 0. The van der Waals surface area contributed by atoms with Crippen molar-refractivity contribution < 1.29 is 13.2 Å². The molecular formula is C13H20N2O3S. The zero-order chi connectivity index (χ0) is 13.9. The van der Waals surface area contributed by atoms with Crippen LogP contribution in [0.4, 0.5) is 0 Å².